The summed E-state index contributed by atoms with van der Waals surface area (Å²) in [6.07, 6.45) is 13.2. The Balaban J connectivity index is 1.37. The number of hydrogen-bond donors (Lipinski definition) is 0. The number of aromatic nitrogens is 1. The Morgan fingerprint density at radius 2 is 1.63 bits per heavy atom. The molecule has 0 N–H and O–H groups in total. The molecule has 1 fully saturated rings. The van der Waals surface area contributed by atoms with Crippen molar-refractivity contribution in [2.24, 2.45) is 13.0 Å². The van der Waals surface area contributed by atoms with Gasteiger partial charge in [0.1, 0.15) is 11.7 Å². The van der Waals surface area contributed by atoms with Gasteiger partial charge in [0.15, 0.2) is 0 Å². The molecule has 0 amide bonds. The number of unbranched alkanes of at least 4 members (excludes halogenated alkanes) is 1. The minimum Gasteiger partial charge on any atom is -0.344 e. The first-order valence-corrected chi connectivity index (χ1v) is 16.4. The molecule has 1 saturated carbocycles. The molecule has 1 atom stereocenters. The van der Waals surface area contributed by atoms with Crippen LogP contribution in [-0.2, 0) is 18.9 Å². The summed E-state index contributed by atoms with van der Waals surface area (Å²) >= 11 is 1.91. The number of fused-ring (bicyclic) bond motifs is 4. The molecule has 0 radical (unpaired) electrons. The van der Waals surface area contributed by atoms with Gasteiger partial charge in [0.2, 0.25) is 5.52 Å². The highest BCUT2D eigenvalue weighted by Gasteiger charge is 2.45. The zero-order chi connectivity index (χ0) is 27.8. The number of rotatable bonds is 8. The van der Waals surface area contributed by atoms with Crippen molar-refractivity contribution >= 4 is 44.1 Å². The highest BCUT2D eigenvalue weighted by atomic mass is 32.1. The van der Waals surface area contributed by atoms with Crippen LogP contribution in [0.1, 0.15) is 68.0 Å². The van der Waals surface area contributed by atoms with Crippen molar-refractivity contribution in [1.29, 1.82) is 0 Å². The number of benzene rings is 4. The third kappa shape index (κ3) is 4.89. The van der Waals surface area contributed by atoms with Gasteiger partial charge in [0.25, 0.3) is 5.01 Å². The van der Waals surface area contributed by atoms with Crippen LogP contribution in [0.5, 0.6) is 0 Å². The summed E-state index contributed by atoms with van der Waals surface area (Å²) in [4.78, 5) is 2.70. The number of aryl methyl sites for hydroxylation is 1. The van der Waals surface area contributed by atoms with Crippen LogP contribution in [0.2, 0.25) is 0 Å². The molecule has 3 heteroatoms. The molecule has 2 nitrogen and oxygen atoms in total. The summed E-state index contributed by atoms with van der Waals surface area (Å²) < 4.78 is 3.73. The van der Waals surface area contributed by atoms with Gasteiger partial charge >= 0.3 is 0 Å². The molecule has 1 unspecified atom stereocenters. The average molecular weight is 558 g/mol. The van der Waals surface area contributed by atoms with Crippen LogP contribution in [0, 0.1) is 5.92 Å². The molecule has 1 aliphatic carbocycles. The first-order chi connectivity index (χ1) is 20.1. The minimum absolute atomic E-state index is 0.147. The van der Waals surface area contributed by atoms with E-state index < -0.39 is 0 Å². The monoisotopic (exact) mass is 557 g/mol. The number of anilines is 1. The van der Waals surface area contributed by atoms with E-state index in [-0.39, 0.29) is 5.41 Å². The standard InChI is InChI=1S/C38H41N2S/c1-38(27-29-17-4-3-5-18-29)35(26-36-39(2)32-21-10-11-22-34(32)41-36)40(25-13-12-16-28-14-6-7-15-28)33-24-23-30-19-8-9-20-31(30)37(33)38/h3-5,8-11,17-24,26,28H,6-7,12-16,25,27H2,1-2H3/q+1. The molecule has 2 aliphatic rings. The fraction of sp³-hybridized carbons (Fsp3) is 0.342. The quantitative estimate of drug-likeness (QED) is 0.136. The van der Waals surface area contributed by atoms with E-state index in [2.05, 4.69) is 121 Å². The highest BCUT2D eigenvalue weighted by molar-refractivity contribution is 7.18. The zero-order valence-corrected chi connectivity index (χ0v) is 25.3. The topological polar surface area (TPSA) is 7.12 Å². The Hall–Kier alpha value is -3.43. The molecule has 4 aromatic carbocycles. The van der Waals surface area contributed by atoms with Crippen LogP contribution in [0.3, 0.4) is 0 Å². The highest BCUT2D eigenvalue weighted by Crippen LogP contribution is 2.53. The molecular formula is C38H41N2S+. The first kappa shape index (κ1) is 26.5. The van der Waals surface area contributed by atoms with E-state index in [4.69, 9.17) is 0 Å². The predicted octanol–water partition coefficient (Wildman–Crippen LogP) is 9.60. The maximum atomic E-state index is 2.70. The maximum absolute atomic E-state index is 2.70. The Morgan fingerprint density at radius 1 is 0.878 bits per heavy atom. The second kappa shape index (κ2) is 11.1. The van der Waals surface area contributed by atoms with Crippen LogP contribution in [0.4, 0.5) is 5.69 Å². The lowest BCUT2D eigenvalue weighted by Crippen LogP contribution is -2.33. The number of para-hydroxylation sites is 1. The fourth-order valence-corrected chi connectivity index (χ4v) is 8.73. The Bertz CT molecular complexity index is 1710. The van der Waals surface area contributed by atoms with E-state index in [1.807, 2.05) is 11.3 Å². The summed E-state index contributed by atoms with van der Waals surface area (Å²) in [7, 11) is 2.23. The first-order valence-electron chi connectivity index (χ1n) is 15.6. The Kier molecular flexibility index (Phi) is 7.16. The average Bonchev–Trinajstić information content (AvgIpc) is 3.69. The Morgan fingerprint density at radius 3 is 2.46 bits per heavy atom. The fourth-order valence-electron chi connectivity index (χ4n) is 7.65. The SMILES string of the molecule is C[n+]1c(C=C2N(CCCCC3CCCC3)c3ccc4ccccc4c3C2(C)Cc2ccccc2)sc2ccccc21. The second-order valence-electron chi connectivity index (χ2n) is 12.5. The van der Waals surface area contributed by atoms with Gasteiger partial charge in [-0.25, -0.2) is 0 Å². The number of allylic oxidation sites excluding steroid dienone is 1. The lowest BCUT2D eigenvalue weighted by molar-refractivity contribution is -0.642. The van der Waals surface area contributed by atoms with Crippen molar-refractivity contribution in [2.75, 3.05) is 11.4 Å². The lowest BCUT2D eigenvalue weighted by atomic mass is 9.74. The Labute approximate surface area is 249 Å². The third-order valence-electron chi connectivity index (χ3n) is 9.76. The van der Waals surface area contributed by atoms with E-state index in [0.717, 1.165) is 18.9 Å². The van der Waals surface area contributed by atoms with Crippen molar-refractivity contribution in [3.63, 3.8) is 0 Å². The number of nitrogens with zero attached hydrogens (tertiary/aromatic N) is 2. The van der Waals surface area contributed by atoms with Crippen LogP contribution in [0.15, 0.2) is 96.7 Å². The summed E-state index contributed by atoms with van der Waals surface area (Å²) in [5, 5.41) is 4.04. The molecule has 0 spiro atoms. The van der Waals surface area contributed by atoms with Crippen molar-refractivity contribution in [1.82, 2.24) is 0 Å². The van der Waals surface area contributed by atoms with E-state index in [9.17, 15) is 0 Å². The second-order valence-corrected chi connectivity index (χ2v) is 13.5. The van der Waals surface area contributed by atoms with Gasteiger partial charge in [-0.05, 0) is 59.7 Å². The van der Waals surface area contributed by atoms with Crippen molar-refractivity contribution < 1.29 is 4.57 Å². The zero-order valence-electron chi connectivity index (χ0n) is 24.5. The van der Waals surface area contributed by atoms with Crippen molar-refractivity contribution in [3.05, 3.63) is 113 Å². The van der Waals surface area contributed by atoms with Gasteiger partial charge in [-0.3, -0.25) is 0 Å². The molecule has 5 aromatic rings. The van der Waals surface area contributed by atoms with Crippen LogP contribution in [0.25, 0.3) is 27.1 Å². The van der Waals surface area contributed by atoms with Crippen molar-refractivity contribution in [2.45, 2.75) is 63.7 Å². The summed E-state index contributed by atoms with van der Waals surface area (Å²) in [6, 6.07) is 33.7. The molecule has 0 bridgehead atoms. The van der Waals surface area contributed by atoms with E-state index in [1.165, 1.54) is 93.5 Å². The smallest absolute Gasteiger partial charge is 0.264 e. The van der Waals surface area contributed by atoms with E-state index in [0.29, 0.717) is 0 Å². The molecule has 7 rings (SSSR count). The molecule has 1 aromatic heterocycles. The summed E-state index contributed by atoms with van der Waals surface area (Å²) in [5.74, 6) is 0.959. The summed E-state index contributed by atoms with van der Waals surface area (Å²) in [5.41, 5.74) is 6.88. The van der Waals surface area contributed by atoms with Gasteiger partial charge in [-0.1, -0.05) is 123 Å². The molecule has 0 saturated heterocycles. The molecule has 41 heavy (non-hydrogen) atoms. The normalized spacial score (nSPS) is 20.0. The third-order valence-corrected chi connectivity index (χ3v) is 10.9. The van der Waals surface area contributed by atoms with E-state index in [1.54, 1.807) is 0 Å². The van der Waals surface area contributed by atoms with Crippen LogP contribution < -0.4 is 9.47 Å². The molecule has 2 heterocycles. The molecular weight excluding hydrogens is 516 g/mol. The number of thiazole rings is 1. The van der Waals surface area contributed by atoms with Gasteiger partial charge in [-0.2, -0.15) is 4.57 Å². The van der Waals surface area contributed by atoms with Crippen LogP contribution in [-0.4, -0.2) is 6.54 Å². The van der Waals surface area contributed by atoms with E-state index >= 15 is 0 Å². The minimum atomic E-state index is -0.147. The molecule has 1 aliphatic heterocycles. The predicted molar refractivity (Wildman–Crippen MR) is 176 cm³/mol. The van der Waals surface area contributed by atoms with Gasteiger partial charge < -0.3 is 4.90 Å². The largest absolute Gasteiger partial charge is 0.344 e. The van der Waals surface area contributed by atoms with Gasteiger partial charge in [0.05, 0.1) is 0 Å². The number of hydrogen-bond acceptors (Lipinski definition) is 2. The van der Waals surface area contributed by atoms with Gasteiger partial charge in [0, 0.05) is 35.5 Å². The molecule has 208 valence electrons. The maximum Gasteiger partial charge on any atom is 0.264 e. The van der Waals surface area contributed by atoms with Crippen LogP contribution >= 0.6 is 11.3 Å². The van der Waals surface area contributed by atoms with Gasteiger partial charge in [-0.15, -0.1) is 0 Å². The van der Waals surface area contributed by atoms with Crippen molar-refractivity contribution in [3.8, 4) is 0 Å². The summed E-state index contributed by atoms with van der Waals surface area (Å²) in [6.45, 7) is 3.58. The lowest BCUT2D eigenvalue weighted by Gasteiger charge is -2.31.